The smallest absolute Gasteiger partial charge is 0.228 e. The molecule has 0 heterocycles. The van der Waals surface area contributed by atoms with Gasteiger partial charge in [0.1, 0.15) is 12.4 Å². The van der Waals surface area contributed by atoms with E-state index >= 15 is 0 Å². The van der Waals surface area contributed by atoms with E-state index in [-0.39, 0.29) is 0 Å². The van der Waals surface area contributed by atoms with Crippen molar-refractivity contribution in [1.29, 1.82) is 0 Å². The highest BCUT2D eigenvalue weighted by Crippen LogP contribution is 2.23. The molecule has 0 saturated heterocycles. The van der Waals surface area contributed by atoms with Crippen LogP contribution in [0.2, 0.25) is 10.0 Å². The summed E-state index contributed by atoms with van der Waals surface area (Å²) in [5, 5.41) is 7.68. The van der Waals surface area contributed by atoms with Crippen molar-refractivity contribution >= 4 is 52.4 Å². The lowest BCUT2D eigenvalue weighted by Crippen LogP contribution is -2.82. The van der Waals surface area contributed by atoms with Crippen LogP contribution in [0.15, 0.2) is 72.8 Å². The topological polar surface area (TPSA) is 47.3 Å². The second kappa shape index (κ2) is 10.1. The van der Waals surface area contributed by atoms with Gasteiger partial charge in [0, 0.05) is 21.3 Å². The van der Waals surface area contributed by atoms with Gasteiger partial charge in [-0.25, -0.2) is 0 Å². The summed E-state index contributed by atoms with van der Waals surface area (Å²) >= 11 is 17.4. The summed E-state index contributed by atoms with van der Waals surface area (Å²) in [5.41, 5.74) is 5.55. The van der Waals surface area contributed by atoms with Crippen molar-refractivity contribution in [2.75, 3.05) is 5.32 Å². The van der Waals surface area contributed by atoms with E-state index in [1.165, 1.54) is 0 Å². The van der Waals surface area contributed by atoms with Gasteiger partial charge in [0.15, 0.2) is 0 Å². The molecule has 0 aromatic heterocycles. The van der Waals surface area contributed by atoms with E-state index in [9.17, 15) is 0 Å². The molecule has 0 amide bonds. The molecular weight excluding hydrogens is 413 g/mol. The van der Waals surface area contributed by atoms with Crippen LogP contribution in [0.1, 0.15) is 11.1 Å². The molecule has 0 radical (unpaired) electrons. The number of benzene rings is 3. The molecule has 7 heteroatoms. The van der Waals surface area contributed by atoms with Gasteiger partial charge in [-0.15, -0.1) is 10.5 Å². The lowest BCUT2D eigenvalue weighted by Gasteiger charge is -2.09. The maximum absolute atomic E-state index is 6.20. The normalized spacial score (nSPS) is 10.6. The van der Waals surface area contributed by atoms with Gasteiger partial charge in [0.25, 0.3) is 0 Å². The van der Waals surface area contributed by atoms with Crippen LogP contribution in [0, 0.1) is 0 Å². The van der Waals surface area contributed by atoms with Crippen LogP contribution in [-0.2, 0) is 6.61 Å². The molecule has 0 saturated carbocycles. The fourth-order valence-corrected chi connectivity index (χ4v) is 3.03. The third kappa shape index (κ3) is 5.96. The van der Waals surface area contributed by atoms with Crippen molar-refractivity contribution < 1.29 is 9.84 Å². The van der Waals surface area contributed by atoms with Crippen LogP contribution in [0.3, 0.4) is 0 Å². The number of para-hydroxylation sites is 2. The highest BCUT2D eigenvalue weighted by molar-refractivity contribution is 7.80. The Hall–Kier alpha value is -2.60. The summed E-state index contributed by atoms with van der Waals surface area (Å²) < 4.78 is 5.92. The Bertz CT molecular complexity index is 980. The molecule has 0 spiro atoms. The minimum absolute atomic E-state index is 0.336. The van der Waals surface area contributed by atoms with Crippen molar-refractivity contribution in [3.8, 4) is 5.75 Å². The molecule has 0 aliphatic carbocycles. The van der Waals surface area contributed by atoms with Crippen molar-refractivity contribution in [2.45, 2.75) is 6.61 Å². The minimum Gasteiger partial charge on any atom is -0.488 e. The standard InChI is InChI=1S/C21H17Cl2N3OS/c22-17-11-10-16(19(23)12-17)14-27-20-9-5-4-6-15(20)13-24-26-21(28)25-18-7-2-1-3-8-18/h1-13H,14H2,(H2,25,26,28)/p+1. The first-order valence-electron chi connectivity index (χ1n) is 8.48. The molecule has 0 aliphatic heterocycles. The van der Waals surface area contributed by atoms with Gasteiger partial charge >= 0.3 is 0 Å². The SMILES string of the molecule is S=C(N[NH+]=Cc1ccccc1OCc1ccc(Cl)cc1Cl)Nc1ccccc1. The van der Waals surface area contributed by atoms with Crippen LogP contribution in [0.4, 0.5) is 5.69 Å². The highest BCUT2D eigenvalue weighted by Gasteiger charge is 2.07. The van der Waals surface area contributed by atoms with Crippen LogP contribution < -0.4 is 20.6 Å². The van der Waals surface area contributed by atoms with Crippen LogP contribution in [0.5, 0.6) is 5.75 Å². The number of halogens is 2. The first-order chi connectivity index (χ1) is 13.6. The van der Waals surface area contributed by atoms with Gasteiger partial charge in [-0.3, -0.25) is 0 Å². The Kier molecular flexibility index (Phi) is 7.25. The Labute approximate surface area is 179 Å². The number of hydrogen-bond donors (Lipinski definition) is 3. The monoisotopic (exact) mass is 430 g/mol. The van der Waals surface area contributed by atoms with E-state index in [1.54, 1.807) is 18.3 Å². The number of thiocarbonyl (C=S) groups is 1. The Morgan fingerprint density at radius 2 is 1.75 bits per heavy atom. The molecule has 3 aromatic carbocycles. The third-order valence-corrected chi connectivity index (χ3v) is 4.55. The van der Waals surface area contributed by atoms with Gasteiger partial charge in [0.2, 0.25) is 11.3 Å². The number of hydrazone groups is 1. The third-order valence-electron chi connectivity index (χ3n) is 3.76. The van der Waals surface area contributed by atoms with E-state index in [0.717, 1.165) is 16.8 Å². The van der Waals surface area contributed by atoms with Crippen molar-refractivity contribution in [2.24, 2.45) is 0 Å². The van der Waals surface area contributed by atoms with Crippen molar-refractivity contribution in [3.63, 3.8) is 0 Å². The Morgan fingerprint density at radius 1 is 1.00 bits per heavy atom. The number of hydrogen-bond acceptors (Lipinski definition) is 2. The number of anilines is 1. The van der Waals surface area contributed by atoms with E-state index in [4.69, 9.17) is 40.2 Å². The second-order valence-corrected chi connectivity index (χ2v) is 7.05. The van der Waals surface area contributed by atoms with Gasteiger partial charge < -0.3 is 10.1 Å². The lowest BCUT2D eigenvalue weighted by atomic mass is 10.2. The molecule has 0 aliphatic rings. The predicted molar refractivity (Wildman–Crippen MR) is 119 cm³/mol. The number of nitrogens with one attached hydrogen (secondary N) is 3. The van der Waals surface area contributed by atoms with Crippen molar-refractivity contribution in [1.82, 2.24) is 5.43 Å². The summed E-state index contributed by atoms with van der Waals surface area (Å²) in [5.74, 6) is 0.713. The second-order valence-electron chi connectivity index (χ2n) is 5.80. The molecule has 142 valence electrons. The van der Waals surface area contributed by atoms with E-state index < -0.39 is 0 Å². The maximum atomic E-state index is 6.20. The summed E-state index contributed by atoms with van der Waals surface area (Å²) in [6, 6.07) is 22.7. The Balaban J connectivity index is 1.60. The minimum atomic E-state index is 0.336. The summed E-state index contributed by atoms with van der Waals surface area (Å²) in [7, 11) is 0. The molecular formula is C21H18Cl2N3OS+. The van der Waals surface area contributed by atoms with E-state index in [2.05, 4.69) is 15.8 Å². The zero-order chi connectivity index (χ0) is 19.8. The molecule has 0 fully saturated rings. The zero-order valence-corrected chi connectivity index (χ0v) is 17.1. The number of ether oxygens (including phenoxy) is 1. The first kappa shape index (κ1) is 20.1. The average Bonchev–Trinajstić information content (AvgIpc) is 2.69. The molecule has 4 nitrogen and oxygen atoms in total. The molecule has 28 heavy (non-hydrogen) atoms. The molecule has 3 N–H and O–H groups in total. The average molecular weight is 431 g/mol. The van der Waals surface area contributed by atoms with Gasteiger partial charge in [-0.2, -0.15) is 0 Å². The van der Waals surface area contributed by atoms with E-state index in [1.807, 2.05) is 60.7 Å². The number of rotatable bonds is 6. The predicted octanol–water partition coefficient (Wildman–Crippen LogP) is 3.97. The fourth-order valence-electron chi connectivity index (χ4n) is 2.39. The molecule has 3 rings (SSSR count). The van der Waals surface area contributed by atoms with Crippen LogP contribution in [0.25, 0.3) is 0 Å². The molecule has 0 atom stereocenters. The van der Waals surface area contributed by atoms with Gasteiger partial charge in [0.05, 0.1) is 5.56 Å². The highest BCUT2D eigenvalue weighted by atomic mass is 35.5. The Morgan fingerprint density at radius 3 is 2.54 bits per heavy atom. The number of hydrazine groups is 1. The van der Waals surface area contributed by atoms with Crippen LogP contribution >= 0.6 is 35.4 Å². The zero-order valence-electron chi connectivity index (χ0n) is 14.8. The first-order valence-corrected chi connectivity index (χ1v) is 9.65. The van der Waals surface area contributed by atoms with E-state index in [0.29, 0.717) is 27.5 Å². The molecule has 3 aromatic rings. The fraction of sp³-hybridized carbons (Fsp3) is 0.0476. The maximum Gasteiger partial charge on any atom is 0.228 e. The quantitative estimate of drug-likeness (QED) is 0.314. The summed E-state index contributed by atoms with van der Waals surface area (Å²) in [6.07, 6.45) is 1.78. The van der Waals surface area contributed by atoms with Crippen LogP contribution in [-0.4, -0.2) is 11.3 Å². The summed E-state index contributed by atoms with van der Waals surface area (Å²) in [6.45, 7) is 0.336. The molecule has 0 bridgehead atoms. The van der Waals surface area contributed by atoms with Crippen molar-refractivity contribution in [3.05, 3.63) is 94.0 Å². The molecule has 0 unspecified atom stereocenters. The largest absolute Gasteiger partial charge is 0.488 e. The lowest BCUT2D eigenvalue weighted by molar-refractivity contribution is -0.499. The summed E-state index contributed by atoms with van der Waals surface area (Å²) in [4.78, 5) is 0. The van der Waals surface area contributed by atoms with Gasteiger partial charge in [-0.1, -0.05) is 59.6 Å². The van der Waals surface area contributed by atoms with Gasteiger partial charge in [-0.05, 0) is 48.6 Å².